The SMILES string of the molecule is CO[C@H]1C[C@H]2OC[C@@]2(OC(C)=O)[C@H]2[C@H](OC(=O)c3ccccc3)[C@@H]3C[C@H](OC(=O)[C@H](O)[C@@H](NC(=O)OC(C)(C)C)c4ccccc4)C(C)=C([C@@H](O)[C@H](O)[C@]12C)C3(C)C. The third kappa shape index (κ3) is 7.65. The van der Waals surface area contributed by atoms with E-state index in [1.54, 1.807) is 95.3 Å². The van der Waals surface area contributed by atoms with E-state index < -0.39 is 107 Å². The van der Waals surface area contributed by atoms with Crippen LogP contribution in [0.4, 0.5) is 4.79 Å². The number of carbonyl (C=O) groups excluding carboxylic acids is 4. The third-order valence-corrected chi connectivity index (χ3v) is 12.8. The van der Waals surface area contributed by atoms with E-state index in [1.165, 1.54) is 14.0 Å². The first-order valence-electron chi connectivity index (χ1n) is 19.8. The zero-order valence-corrected chi connectivity index (χ0v) is 34.6. The lowest BCUT2D eigenvalue weighted by Gasteiger charge is -2.68. The Hall–Kier alpha value is -4.34. The molecule has 1 heterocycles. The molecular formula is C44H57NO13. The fourth-order valence-corrected chi connectivity index (χ4v) is 10.2. The molecule has 2 aromatic rings. The second-order valence-corrected chi connectivity index (χ2v) is 17.8. The van der Waals surface area contributed by atoms with Gasteiger partial charge in [-0.1, -0.05) is 69.3 Å². The first kappa shape index (κ1) is 43.2. The molecule has 6 rings (SSSR count). The number of aliphatic hydroxyl groups is 3. The van der Waals surface area contributed by atoms with Crippen LogP contribution < -0.4 is 5.32 Å². The van der Waals surface area contributed by atoms with Crippen molar-refractivity contribution in [1.82, 2.24) is 5.32 Å². The van der Waals surface area contributed by atoms with E-state index in [0.29, 0.717) is 16.7 Å². The van der Waals surface area contributed by atoms with Gasteiger partial charge in [-0.05, 0) is 68.4 Å². The van der Waals surface area contributed by atoms with Crippen LogP contribution in [0.1, 0.15) is 90.2 Å². The van der Waals surface area contributed by atoms with E-state index in [-0.39, 0.29) is 25.0 Å². The number of methoxy groups -OCH3 is 1. The summed E-state index contributed by atoms with van der Waals surface area (Å²) >= 11 is 0. The molecule has 58 heavy (non-hydrogen) atoms. The van der Waals surface area contributed by atoms with E-state index in [9.17, 15) is 34.5 Å². The molecule has 4 N–H and O–H groups in total. The summed E-state index contributed by atoms with van der Waals surface area (Å²) < 4.78 is 36.5. The van der Waals surface area contributed by atoms with E-state index >= 15 is 0 Å². The number of aliphatic hydroxyl groups excluding tert-OH is 3. The normalized spacial score (nSPS) is 33.7. The van der Waals surface area contributed by atoms with Gasteiger partial charge in [0.2, 0.25) is 0 Å². The molecule has 2 saturated carbocycles. The highest BCUT2D eigenvalue weighted by Crippen LogP contribution is 2.64. The molecule has 1 amide bonds. The van der Waals surface area contributed by atoms with Gasteiger partial charge in [0.25, 0.3) is 0 Å². The molecule has 0 spiro atoms. The Morgan fingerprint density at radius 2 is 1.55 bits per heavy atom. The summed E-state index contributed by atoms with van der Waals surface area (Å²) in [6.45, 7) is 13.4. The summed E-state index contributed by atoms with van der Waals surface area (Å²) in [4.78, 5) is 54.2. The first-order chi connectivity index (χ1) is 27.2. The van der Waals surface area contributed by atoms with Crippen molar-refractivity contribution in [2.45, 2.75) is 128 Å². The molecule has 316 valence electrons. The second-order valence-electron chi connectivity index (χ2n) is 17.8. The number of nitrogens with one attached hydrogen (secondary N) is 1. The molecule has 1 aliphatic heterocycles. The minimum absolute atomic E-state index is 0.0255. The highest BCUT2D eigenvalue weighted by molar-refractivity contribution is 5.89. The third-order valence-electron chi connectivity index (χ3n) is 12.8. The number of fused-ring (bicyclic) bond motifs is 5. The zero-order chi connectivity index (χ0) is 42.5. The molecule has 14 heteroatoms. The number of benzene rings is 2. The summed E-state index contributed by atoms with van der Waals surface area (Å²) in [7, 11) is 1.49. The van der Waals surface area contributed by atoms with Gasteiger partial charge in [0.05, 0.1) is 36.3 Å². The molecule has 0 aromatic heterocycles. The first-order valence-corrected chi connectivity index (χ1v) is 19.8. The van der Waals surface area contributed by atoms with Gasteiger partial charge in [-0.2, -0.15) is 0 Å². The van der Waals surface area contributed by atoms with Crippen LogP contribution in [0.25, 0.3) is 0 Å². The van der Waals surface area contributed by atoms with Gasteiger partial charge in [-0.15, -0.1) is 0 Å². The van der Waals surface area contributed by atoms with Crippen LogP contribution in [0.15, 0.2) is 71.8 Å². The Kier molecular flexibility index (Phi) is 11.9. The van der Waals surface area contributed by atoms with Gasteiger partial charge in [-0.25, -0.2) is 14.4 Å². The average Bonchev–Trinajstić information content (AvgIpc) is 3.15. The van der Waals surface area contributed by atoms with Crippen molar-refractivity contribution in [2.75, 3.05) is 13.7 Å². The predicted octanol–water partition coefficient (Wildman–Crippen LogP) is 4.59. The maximum absolute atomic E-state index is 14.2. The maximum Gasteiger partial charge on any atom is 0.408 e. The number of rotatable bonds is 9. The number of hydrogen-bond acceptors (Lipinski definition) is 13. The molecule has 3 aliphatic carbocycles. The number of carbonyl (C=O) groups is 4. The highest BCUT2D eigenvalue weighted by atomic mass is 16.6. The number of esters is 3. The molecule has 2 bridgehead atoms. The largest absolute Gasteiger partial charge is 0.458 e. The standard InChI is InChI=1S/C44H57NO13/c1-23-28(55-39(51)34(48)32(25-16-12-10-13-17-25)45-40(52)58-41(3,4)5)20-27-35(56-38(50)26-18-14-11-15-19-26)36-43(8,37(49)33(47)31(23)42(27,6)7)29(53-9)21-30-44(36,22-54-30)57-24(2)46/h10-19,27-30,32-37,47-49H,20-22H2,1-9H3,(H,45,52)/t27-,28-,29-,30+,32-,33+,34+,35+,36-,37-,43+,44-/m0/s1. The molecule has 0 radical (unpaired) electrons. The van der Waals surface area contributed by atoms with Crippen LogP contribution in [0.2, 0.25) is 0 Å². The quantitative estimate of drug-likeness (QED) is 0.156. The monoisotopic (exact) mass is 807 g/mol. The summed E-state index contributed by atoms with van der Waals surface area (Å²) in [5.41, 5.74) is -3.24. The fourth-order valence-electron chi connectivity index (χ4n) is 10.2. The van der Waals surface area contributed by atoms with Crippen molar-refractivity contribution < 1.29 is 62.9 Å². The minimum atomic E-state index is -1.92. The van der Waals surface area contributed by atoms with Gasteiger partial charge in [0.15, 0.2) is 11.7 Å². The van der Waals surface area contributed by atoms with Crippen LogP contribution in [0, 0.1) is 22.7 Å². The molecule has 4 aliphatic rings. The van der Waals surface area contributed by atoms with Crippen LogP contribution in [0.5, 0.6) is 0 Å². The lowest BCUT2D eigenvalue weighted by molar-refractivity contribution is -0.356. The molecule has 0 unspecified atom stereocenters. The van der Waals surface area contributed by atoms with Crippen molar-refractivity contribution in [3.05, 3.63) is 82.9 Å². The second kappa shape index (κ2) is 16.0. The van der Waals surface area contributed by atoms with Crippen LogP contribution >= 0.6 is 0 Å². The Balaban J connectivity index is 1.46. The van der Waals surface area contributed by atoms with E-state index in [2.05, 4.69) is 5.32 Å². The topological polar surface area (TPSA) is 196 Å². The Morgan fingerprint density at radius 1 is 0.931 bits per heavy atom. The van der Waals surface area contributed by atoms with Gasteiger partial charge >= 0.3 is 24.0 Å². The number of ether oxygens (including phenoxy) is 6. The maximum atomic E-state index is 14.2. The summed E-state index contributed by atoms with van der Waals surface area (Å²) in [5, 5.41) is 39.2. The van der Waals surface area contributed by atoms with Crippen molar-refractivity contribution >= 4 is 24.0 Å². The van der Waals surface area contributed by atoms with Crippen molar-refractivity contribution in [3.63, 3.8) is 0 Å². The zero-order valence-electron chi connectivity index (χ0n) is 34.6. The van der Waals surface area contributed by atoms with Gasteiger partial charge in [0.1, 0.15) is 30.0 Å². The van der Waals surface area contributed by atoms with E-state index in [0.717, 1.165) is 0 Å². The summed E-state index contributed by atoms with van der Waals surface area (Å²) in [6, 6.07) is 15.5. The summed E-state index contributed by atoms with van der Waals surface area (Å²) in [6.07, 6.45) is -9.40. The smallest absolute Gasteiger partial charge is 0.408 e. The van der Waals surface area contributed by atoms with Crippen molar-refractivity contribution in [3.8, 4) is 0 Å². The fraction of sp³-hybridized carbons (Fsp3) is 0.591. The summed E-state index contributed by atoms with van der Waals surface area (Å²) in [5.74, 6) is -4.13. The van der Waals surface area contributed by atoms with Crippen LogP contribution in [0.3, 0.4) is 0 Å². The molecule has 12 atom stereocenters. The minimum Gasteiger partial charge on any atom is -0.458 e. The Bertz CT molecular complexity index is 1890. The predicted molar refractivity (Wildman–Crippen MR) is 208 cm³/mol. The molecular weight excluding hydrogens is 750 g/mol. The number of alkyl carbamates (subject to hydrolysis) is 1. The molecule has 14 nitrogen and oxygen atoms in total. The molecule has 1 saturated heterocycles. The van der Waals surface area contributed by atoms with Crippen LogP contribution in [-0.4, -0.2) is 107 Å². The van der Waals surface area contributed by atoms with Crippen LogP contribution in [-0.2, 0) is 38.0 Å². The Labute approximate surface area is 339 Å². The van der Waals surface area contributed by atoms with E-state index in [1.807, 2.05) is 13.8 Å². The van der Waals surface area contributed by atoms with Gasteiger partial charge in [-0.3, -0.25) is 4.79 Å². The van der Waals surface area contributed by atoms with Gasteiger partial charge < -0.3 is 49.1 Å². The average molecular weight is 808 g/mol. The lowest BCUT2D eigenvalue weighted by atomic mass is 9.45. The number of hydrogen-bond donors (Lipinski definition) is 4. The van der Waals surface area contributed by atoms with Crippen molar-refractivity contribution in [2.24, 2.45) is 22.7 Å². The lowest BCUT2D eigenvalue weighted by Crippen LogP contribution is -2.80. The molecule has 3 fully saturated rings. The highest BCUT2D eigenvalue weighted by Gasteiger charge is 2.75. The Morgan fingerprint density at radius 3 is 2.10 bits per heavy atom. The number of amides is 1. The van der Waals surface area contributed by atoms with E-state index in [4.69, 9.17) is 28.4 Å². The van der Waals surface area contributed by atoms with Crippen molar-refractivity contribution in [1.29, 1.82) is 0 Å². The van der Waals surface area contributed by atoms with Gasteiger partial charge in [0, 0.05) is 31.8 Å². The molecule has 2 aromatic carbocycles.